The van der Waals surface area contributed by atoms with Gasteiger partial charge in [0.15, 0.2) is 0 Å². The summed E-state index contributed by atoms with van der Waals surface area (Å²) in [6.45, 7) is 10.3. The number of hydrogen-bond acceptors (Lipinski definition) is 7. The molecule has 1 aliphatic heterocycles. The number of carbonyl (C=O) groups is 4. The Labute approximate surface area is 212 Å². The van der Waals surface area contributed by atoms with Crippen LogP contribution >= 0.6 is 0 Å². The minimum absolute atomic E-state index is 0.0326. The fraction of sp³-hybridized carbons (Fsp3) is 0.600. The molecule has 0 spiro atoms. The highest BCUT2D eigenvalue weighted by molar-refractivity contribution is 5.98. The van der Waals surface area contributed by atoms with Crippen LogP contribution in [0.25, 0.3) is 0 Å². The Morgan fingerprint density at radius 2 is 1.72 bits per heavy atom. The summed E-state index contributed by atoms with van der Waals surface area (Å²) in [5, 5.41) is 20.3. The molecule has 1 aliphatic carbocycles. The zero-order chi connectivity index (χ0) is 27.3. The van der Waals surface area contributed by atoms with E-state index in [0.717, 1.165) is 24.8 Å². The van der Waals surface area contributed by atoms with Gasteiger partial charge < -0.3 is 31.5 Å². The summed E-state index contributed by atoms with van der Waals surface area (Å²) in [4.78, 5) is 49.9. The minimum atomic E-state index is -1.22. The van der Waals surface area contributed by atoms with E-state index in [1.807, 2.05) is 0 Å². The second-order valence-corrected chi connectivity index (χ2v) is 10.8. The number of dihydropyridines is 1. The van der Waals surface area contributed by atoms with E-state index >= 15 is 0 Å². The minimum Gasteiger partial charge on any atom is -0.478 e. The standard InChI is InChI=1S/C25H39N5O6/c1-14-19(18(26)16(13-27-14)22(33)34)28-17(31)12-25(5,6)30-21(32)20(15-10-8-7-9-11-15)29-23(35)36-24(2,3)4/h13-14,27H,7-12,26H2,1-6H3,(H,28,31)(H,29,35)(H,30,32)(H,33,34). The molecule has 2 aliphatic rings. The molecule has 0 aromatic heterocycles. The Hall–Kier alpha value is -3.50. The van der Waals surface area contributed by atoms with Gasteiger partial charge in [0.2, 0.25) is 5.91 Å². The second-order valence-electron chi connectivity index (χ2n) is 10.8. The van der Waals surface area contributed by atoms with Crippen molar-refractivity contribution in [1.29, 1.82) is 0 Å². The van der Waals surface area contributed by atoms with Crippen LogP contribution in [-0.4, -0.2) is 46.2 Å². The number of alkyl carbamates (subject to hydrolysis) is 1. The highest BCUT2D eigenvalue weighted by Gasteiger charge is 2.31. The number of ether oxygens (including phenoxy) is 1. The fourth-order valence-electron chi connectivity index (χ4n) is 4.05. The van der Waals surface area contributed by atoms with Crippen molar-refractivity contribution in [3.63, 3.8) is 0 Å². The maximum Gasteiger partial charge on any atom is 0.412 e. The summed E-state index contributed by atoms with van der Waals surface area (Å²) in [5.74, 6) is -2.17. The number of hydrogen-bond donors (Lipinski definition) is 6. The summed E-state index contributed by atoms with van der Waals surface area (Å²) >= 11 is 0. The Morgan fingerprint density at radius 1 is 1.11 bits per heavy atom. The van der Waals surface area contributed by atoms with Gasteiger partial charge in [-0.1, -0.05) is 6.42 Å². The summed E-state index contributed by atoms with van der Waals surface area (Å²) in [5.41, 5.74) is 5.32. The average Bonchev–Trinajstić information content (AvgIpc) is 2.73. The zero-order valence-corrected chi connectivity index (χ0v) is 22.0. The molecule has 1 fully saturated rings. The lowest BCUT2D eigenvalue weighted by Crippen LogP contribution is -2.50. The molecule has 11 nitrogen and oxygen atoms in total. The van der Waals surface area contributed by atoms with E-state index in [-0.39, 0.29) is 29.1 Å². The molecule has 0 aromatic rings. The summed E-state index contributed by atoms with van der Waals surface area (Å²) in [7, 11) is 0. The van der Waals surface area contributed by atoms with E-state index in [2.05, 4.69) is 21.3 Å². The van der Waals surface area contributed by atoms with Crippen molar-refractivity contribution in [2.45, 2.75) is 97.2 Å². The monoisotopic (exact) mass is 505 g/mol. The van der Waals surface area contributed by atoms with E-state index in [4.69, 9.17) is 10.5 Å². The van der Waals surface area contributed by atoms with Crippen molar-refractivity contribution in [2.75, 3.05) is 0 Å². The van der Waals surface area contributed by atoms with Crippen molar-refractivity contribution < 1.29 is 29.0 Å². The average molecular weight is 506 g/mol. The third-order valence-electron chi connectivity index (χ3n) is 5.71. The molecule has 0 saturated heterocycles. The van der Waals surface area contributed by atoms with Gasteiger partial charge in [-0.2, -0.15) is 0 Å². The molecule has 36 heavy (non-hydrogen) atoms. The summed E-state index contributed by atoms with van der Waals surface area (Å²) in [6, 6.07) is -0.407. The molecular formula is C25H39N5O6. The summed E-state index contributed by atoms with van der Waals surface area (Å²) in [6.07, 6.45) is 4.73. The molecule has 0 aromatic carbocycles. The van der Waals surface area contributed by atoms with Gasteiger partial charge in [-0.05, 0) is 72.8 Å². The quantitative estimate of drug-likeness (QED) is 0.286. The van der Waals surface area contributed by atoms with Gasteiger partial charge in [-0.25, -0.2) is 9.59 Å². The first-order valence-corrected chi connectivity index (χ1v) is 12.1. The first-order valence-electron chi connectivity index (χ1n) is 12.1. The number of carboxylic acids is 1. The number of aliphatic carboxylic acids is 1. The molecule has 1 atom stereocenters. The molecular weight excluding hydrogens is 466 g/mol. The van der Waals surface area contributed by atoms with Crippen LogP contribution in [0.2, 0.25) is 0 Å². The molecule has 3 amide bonds. The Balaban J connectivity index is 2.14. The number of nitrogens with one attached hydrogen (secondary N) is 4. The molecule has 7 N–H and O–H groups in total. The Kier molecular flexibility index (Phi) is 9.17. The van der Waals surface area contributed by atoms with Crippen molar-refractivity contribution >= 4 is 23.9 Å². The van der Waals surface area contributed by atoms with Gasteiger partial charge in [-0.15, -0.1) is 0 Å². The lowest BCUT2D eigenvalue weighted by atomic mass is 9.92. The first-order chi connectivity index (χ1) is 16.6. The third-order valence-corrected chi connectivity index (χ3v) is 5.71. The van der Waals surface area contributed by atoms with Crippen molar-refractivity contribution in [3.8, 4) is 0 Å². The molecule has 0 bridgehead atoms. The summed E-state index contributed by atoms with van der Waals surface area (Å²) < 4.78 is 5.34. The predicted octanol–water partition coefficient (Wildman–Crippen LogP) is 2.26. The molecule has 1 heterocycles. The number of allylic oxidation sites excluding steroid dienone is 1. The lowest BCUT2D eigenvalue weighted by molar-refractivity contribution is -0.132. The van der Waals surface area contributed by atoms with Gasteiger partial charge in [0, 0.05) is 18.2 Å². The van der Waals surface area contributed by atoms with Crippen molar-refractivity contribution in [1.82, 2.24) is 21.3 Å². The number of rotatable bonds is 7. The van der Waals surface area contributed by atoms with Crippen LogP contribution in [0.1, 0.15) is 80.1 Å². The normalized spacial score (nSPS) is 18.4. The van der Waals surface area contributed by atoms with Crippen molar-refractivity contribution in [2.24, 2.45) is 5.73 Å². The number of amides is 3. The van der Waals surface area contributed by atoms with Crippen LogP contribution in [0, 0.1) is 0 Å². The van der Waals surface area contributed by atoms with E-state index < -0.39 is 41.1 Å². The van der Waals surface area contributed by atoms with Gasteiger partial charge >= 0.3 is 12.1 Å². The fourth-order valence-corrected chi connectivity index (χ4v) is 4.05. The SMILES string of the molecule is CC1NC=C(C(=O)O)C(N)=C1NC(=O)CC(C)(C)NC(=O)C(NC(=O)OC(C)(C)C)=C1CCCCC1. The molecule has 1 unspecified atom stereocenters. The van der Waals surface area contributed by atoms with Crippen LogP contribution in [0.3, 0.4) is 0 Å². The maximum atomic E-state index is 13.3. The second kappa shape index (κ2) is 11.5. The first kappa shape index (κ1) is 28.7. The molecule has 2 rings (SSSR count). The van der Waals surface area contributed by atoms with Gasteiger partial charge in [0.1, 0.15) is 11.3 Å². The largest absolute Gasteiger partial charge is 0.478 e. The third kappa shape index (κ3) is 8.31. The van der Waals surface area contributed by atoms with Crippen molar-refractivity contribution in [3.05, 3.63) is 34.4 Å². The zero-order valence-electron chi connectivity index (χ0n) is 22.0. The van der Waals surface area contributed by atoms with Crippen LogP contribution in [-0.2, 0) is 19.1 Å². The molecule has 1 saturated carbocycles. The van der Waals surface area contributed by atoms with E-state index in [1.54, 1.807) is 41.5 Å². The molecule has 11 heteroatoms. The highest BCUT2D eigenvalue weighted by Crippen LogP contribution is 2.26. The van der Waals surface area contributed by atoms with Crippen LogP contribution in [0.15, 0.2) is 34.4 Å². The van der Waals surface area contributed by atoms with Gasteiger partial charge in [-0.3, -0.25) is 14.9 Å². The van der Waals surface area contributed by atoms with E-state index in [9.17, 15) is 24.3 Å². The molecule has 0 radical (unpaired) electrons. The number of carbonyl (C=O) groups excluding carboxylic acids is 3. The molecule has 200 valence electrons. The van der Waals surface area contributed by atoms with Crippen LogP contribution < -0.4 is 27.0 Å². The number of carboxylic acid groups (broad SMARTS) is 1. The van der Waals surface area contributed by atoms with Crippen LogP contribution in [0.4, 0.5) is 4.79 Å². The van der Waals surface area contributed by atoms with Gasteiger partial charge in [0.25, 0.3) is 5.91 Å². The Bertz CT molecular complexity index is 995. The topological polar surface area (TPSA) is 172 Å². The van der Waals surface area contributed by atoms with Gasteiger partial charge in [0.05, 0.1) is 23.0 Å². The predicted molar refractivity (Wildman–Crippen MR) is 134 cm³/mol. The smallest absolute Gasteiger partial charge is 0.412 e. The lowest BCUT2D eigenvalue weighted by Gasteiger charge is -2.30. The maximum absolute atomic E-state index is 13.3. The van der Waals surface area contributed by atoms with E-state index in [0.29, 0.717) is 12.8 Å². The number of nitrogens with two attached hydrogens (primary N) is 1. The van der Waals surface area contributed by atoms with E-state index in [1.165, 1.54) is 6.20 Å². The Morgan fingerprint density at radius 3 is 2.28 bits per heavy atom. The highest BCUT2D eigenvalue weighted by atomic mass is 16.6. The van der Waals surface area contributed by atoms with Crippen LogP contribution in [0.5, 0.6) is 0 Å².